The summed E-state index contributed by atoms with van der Waals surface area (Å²) in [5, 5.41) is 0. The van der Waals surface area contributed by atoms with E-state index in [9.17, 15) is 9.59 Å². The standard InChI is InChI=1S/C11H16O2/c1-7(12)4-10-6-8-2-3-9(5-8)11(10)13/h8-10H,2-6H2,1H3/t8-,9-,10-/m0/s1. The Bertz CT molecular complexity index is 244. The third kappa shape index (κ3) is 1.67. The number of fused-ring (bicyclic) bond motifs is 2. The molecule has 0 aromatic carbocycles. The van der Waals surface area contributed by atoms with Gasteiger partial charge in [-0.2, -0.15) is 0 Å². The minimum atomic E-state index is 0.0729. The van der Waals surface area contributed by atoms with Gasteiger partial charge in [-0.1, -0.05) is 0 Å². The molecule has 2 aliphatic carbocycles. The lowest BCUT2D eigenvalue weighted by molar-refractivity contribution is -0.132. The summed E-state index contributed by atoms with van der Waals surface area (Å²) in [6.07, 6.45) is 4.87. The van der Waals surface area contributed by atoms with Crippen molar-refractivity contribution in [3.63, 3.8) is 0 Å². The van der Waals surface area contributed by atoms with E-state index in [1.807, 2.05) is 0 Å². The van der Waals surface area contributed by atoms with Crippen LogP contribution in [-0.4, -0.2) is 11.6 Å². The maximum atomic E-state index is 11.8. The molecule has 0 radical (unpaired) electrons. The van der Waals surface area contributed by atoms with E-state index in [-0.39, 0.29) is 11.7 Å². The summed E-state index contributed by atoms with van der Waals surface area (Å²) in [6, 6.07) is 0. The van der Waals surface area contributed by atoms with Crippen molar-refractivity contribution >= 4 is 11.6 Å². The molecule has 2 nitrogen and oxygen atoms in total. The Morgan fingerprint density at radius 2 is 2.15 bits per heavy atom. The van der Waals surface area contributed by atoms with Crippen molar-refractivity contribution in [2.45, 2.75) is 39.0 Å². The molecule has 2 rings (SSSR count). The minimum Gasteiger partial charge on any atom is -0.300 e. The number of hydrogen-bond acceptors (Lipinski definition) is 2. The van der Waals surface area contributed by atoms with Crippen molar-refractivity contribution in [1.29, 1.82) is 0 Å². The smallest absolute Gasteiger partial charge is 0.139 e. The molecule has 13 heavy (non-hydrogen) atoms. The van der Waals surface area contributed by atoms with E-state index in [1.165, 1.54) is 6.42 Å². The molecule has 0 aromatic heterocycles. The van der Waals surface area contributed by atoms with Crippen molar-refractivity contribution < 1.29 is 9.59 Å². The van der Waals surface area contributed by atoms with Crippen LogP contribution in [0.4, 0.5) is 0 Å². The van der Waals surface area contributed by atoms with E-state index in [0.717, 1.165) is 25.2 Å². The molecule has 0 N–H and O–H groups in total. The molecule has 2 saturated carbocycles. The second-order valence-corrected chi connectivity index (χ2v) is 4.62. The zero-order chi connectivity index (χ0) is 9.42. The fourth-order valence-electron chi connectivity index (χ4n) is 2.93. The van der Waals surface area contributed by atoms with Gasteiger partial charge >= 0.3 is 0 Å². The van der Waals surface area contributed by atoms with Gasteiger partial charge in [0.2, 0.25) is 0 Å². The first-order valence-electron chi connectivity index (χ1n) is 5.20. The molecular weight excluding hydrogens is 164 g/mol. The highest BCUT2D eigenvalue weighted by Crippen LogP contribution is 2.43. The van der Waals surface area contributed by atoms with Crippen molar-refractivity contribution in [1.82, 2.24) is 0 Å². The zero-order valence-corrected chi connectivity index (χ0v) is 8.08. The number of rotatable bonds is 2. The van der Waals surface area contributed by atoms with E-state index >= 15 is 0 Å². The van der Waals surface area contributed by atoms with Gasteiger partial charge in [-0.15, -0.1) is 0 Å². The summed E-state index contributed by atoms with van der Waals surface area (Å²) in [7, 11) is 0. The molecule has 0 spiro atoms. The number of carbonyl (C=O) groups excluding carboxylic acids is 2. The third-order valence-corrected chi connectivity index (χ3v) is 3.50. The Balaban J connectivity index is 2.04. The van der Waals surface area contributed by atoms with Crippen LogP contribution in [0.2, 0.25) is 0 Å². The van der Waals surface area contributed by atoms with Crippen LogP contribution in [0, 0.1) is 17.8 Å². The number of Topliss-reactive ketones (excluding diaryl/α,β-unsaturated/α-hetero) is 2. The Morgan fingerprint density at radius 1 is 1.38 bits per heavy atom. The second-order valence-electron chi connectivity index (χ2n) is 4.62. The lowest BCUT2D eigenvalue weighted by Crippen LogP contribution is -2.29. The van der Waals surface area contributed by atoms with Crippen molar-refractivity contribution in [2.24, 2.45) is 17.8 Å². The summed E-state index contributed by atoms with van der Waals surface area (Å²) >= 11 is 0. The molecule has 2 fully saturated rings. The predicted octanol–water partition coefficient (Wildman–Crippen LogP) is 1.97. The Hall–Kier alpha value is -0.660. The number of ketones is 2. The first kappa shape index (κ1) is 8.92. The quantitative estimate of drug-likeness (QED) is 0.651. The summed E-state index contributed by atoms with van der Waals surface area (Å²) in [5.74, 6) is 1.67. The maximum Gasteiger partial charge on any atom is 0.139 e. The highest BCUT2D eigenvalue weighted by Gasteiger charge is 2.40. The monoisotopic (exact) mass is 180 g/mol. The predicted molar refractivity (Wildman–Crippen MR) is 49.2 cm³/mol. The van der Waals surface area contributed by atoms with Gasteiger partial charge in [-0.3, -0.25) is 4.79 Å². The molecule has 72 valence electrons. The Morgan fingerprint density at radius 3 is 2.85 bits per heavy atom. The van der Waals surface area contributed by atoms with Crippen LogP contribution in [0.3, 0.4) is 0 Å². The molecule has 0 unspecified atom stereocenters. The fourth-order valence-corrected chi connectivity index (χ4v) is 2.93. The van der Waals surface area contributed by atoms with Crippen LogP contribution in [0.5, 0.6) is 0 Å². The average Bonchev–Trinajstić information content (AvgIpc) is 2.44. The number of carbonyl (C=O) groups is 2. The van der Waals surface area contributed by atoms with Crippen LogP contribution < -0.4 is 0 Å². The van der Waals surface area contributed by atoms with Crippen molar-refractivity contribution in [3.05, 3.63) is 0 Å². The maximum absolute atomic E-state index is 11.8. The van der Waals surface area contributed by atoms with Crippen LogP contribution in [0.1, 0.15) is 39.0 Å². The SMILES string of the molecule is CC(=O)C[C@H]1C[C@H]2CC[C@@H](C2)C1=O. The molecule has 0 heterocycles. The van der Waals surface area contributed by atoms with Gasteiger partial charge in [0.1, 0.15) is 11.6 Å². The molecule has 2 aliphatic rings. The summed E-state index contributed by atoms with van der Waals surface area (Å²) in [5.41, 5.74) is 0. The first-order chi connectivity index (χ1) is 6.16. The summed E-state index contributed by atoms with van der Waals surface area (Å²) in [4.78, 5) is 22.7. The average molecular weight is 180 g/mol. The molecule has 0 aliphatic heterocycles. The Kier molecular flexibility index (Phi) is 2.22. The normalized spacial score (nSPS) is 37.9. The molecule has 3 atom stereocenters. The second kappa shape index (κ2) is 3.24. The molecule has 2 heteroatoms. The van der Waals surface area contributed by atoms with Crippen molar-refractivity contribution in [3.8, 4) is 0 Å². The van der Waals surface area contributed by atoms with Crippen LogP contribution in [-0.2, 0) is 9.59 Å². The molecular formula is C11H16O2. The molecule has 0 amide bonds. The molecule has 0 saturated heterocycles. The van der Waals surface area contributed by atoms with Gasteiger partial charge < -0.3 is 4.79 Å². The Labute approximate surface area is 78.7 Å². The van der Waals surface area contributed by atoms with Gasteiger partial charge in [0.25, 0.3) is 0 Å². The van der Waals surface area contributed by atoms with Crippen LogP contribution in [0.15, 0.2) is 0 Å². The van der Waals surface area contributed by atoms with Crippen LogP contribution in [0.25, 0.3) is 0 Å². The lowest BCUT2D eigenvalue weighted by Gasteiger charge is -2.25. The van der Waals surface area contributed by atoms with Gasteiger partial charge in [0.15, 0.2) is 0 Å². The summed E-state index contributed by atoms with van der Waals surface area (Å²) in [6.45, 7) is 1.59. The van der Waals surface area contributed by atoms with E-state index in [4.69, 9.17) is 0 Å². The summed E-state index contributed by atoms with van der Waals surface area (Å²) < 4.78 is 0. The van der Waals surface area contributed by atoms with E-state index in [2.05, 4.69) is 0 Å². The van der Waals surface area contributed by atoms with E-state index < -0.39 is 0 Å². The van der Waals surface area contributed by atoms with Crippen LogP contribution >= 0.6 is 0 Å². The molecule has 2 bridgehead atoms. The largest absolute Gasteiger partial charge is 0.300 e. The van der Waals surface area contributed by atoms with Gasteiger partial charge in [0, 0.05) is 18.3 Å². The van der Waals surface area contributed by atoms with Gasteiger partial charge in [0.05, 0.1) is 0 Å². The fraction of sp³-hybridized carbons (Fsp3) is 0.818. The van der Waals surface area contributed by atoms with Gasteiger partial charge in [-0.05, 0) is 38.5 Å². The topological polar surface area (TPSA) is 34.1 Å². The van der Waals surface area contributed by atoms with E-state index in [1.54, 1.807) is 6.92 Å². The number of hydrogen-bond donors (Lipinski definition) is 0. The van der Waals surface area contributed by atoms with E-state index in [0.29, 0.717) is 18.1 Å². The molecule has 0 aromatic rings. The minimum absolute atomic E-state index is 0.0729. The lowest BCUT2D eigenvalue weighted by atomic mass is 9.78. The van der Waals surface area contributed by atoms with Crippen molar-refractivity contribution in [2.75, 3.05) is 0 Å². The highest BCUT2D eigenvalue weighted by molar-refractivity contribution is 5.89. The highest BCUT2D eigenvalue weighted by atomic mass is 16.1. The van der Waals surface area contributed by atoms with Gasteiger partial charge in [-0.25, -0.2) is 0 Å². The zero-order valence-electron chi connectivity index (χ0n) is 8.08. The third-order valence-electron chi connectivity index (χ3n) is 3.50. The first-order valence-corrected chi connectivity index (χ1v) is 5.20.